The van der Waals surface area contributed by atoms with Crippen LogP contribution < -0.4 is 5.32 Å². The fourth-order valence-electron chi connectivity index (χ4n) is 2.88. The topological polar surface area (TPSA) is 25.2 Å². The van der Waals surface area contributed by atoms with Gasteiger partial charge in [-0.05, 0) is 57.2 Å². The molecular formula is C15H25NO. The maximum absolute atomic E-state index is 5.64. The van der Waals surface area contributed by atoms with Gasteiger partial charge in [-0.2, -0.15) is 0 Å². The van der Waals surface area contributed by atoms with Crippen LogP contribution in [0.1, 0.15) is 57.1 Å². The lowest BCUT2D eigenvalue weighted by molar-refractivity contribution is 0.264. The lowest BCUT2D eigenvalue weighted by Crippen LogP contribution is -2.28. The molecule has 0 aliphatic heterocycles. The molecule has 1 aromatic heterocycles. The van der Waals surface area contributed by atoms with Gasteiger partial charge in [-0.25, -0.2) is 0 Å². The normalized spacial score (nSPS) is 27.0. The molecule has 2 nitrogen and oxygen atoms in total. The van der Waals surface area contributed by atoms with Gasteiger partial charge in [0.25, 0.3) is 0 Å². The predicted molar refractivity (Wildman–Crippen MR) is 71.0 cm³/mol. The molecule has 1 N–H and O–H groups in total. The zero-order valence-electron chi connectivity index (χ0n) is 11.3. The molecule has 2 rings (SSSR count). The molecule has 0 amide bonds. The van der Waals surface area contributed by atoms with Crippen molar-refractivity contribution in [3.8, 4) is 0 Å². The van der Waals surface area contributed by atoms with E-state index in [9.17, 15) is 0 Å². The monoisotopic (exact) mass is 235 g/mol. The minimum atomic E-state index is 0.334. The highest BCUT2D eigenvalue weighted by Crippen LogP contribution is 2.28. The van der Waals surface area contributed by atoms with E-state index in [2.05, 4.69) is 25.2 Å². The molecule has 1 aliphatic carbocycles. The summed E-state index contributed by atoms with van der Waals surface area (Å²) in [6.45, 7) is 7.69. The van der Waals surface area contributed by atoms with Gasteiger partial charge in [-0.1, -0.05) is 19.8 Å². The molecule has 3 atom stereocenters. The lowest BCUT2D eigenvalue weighted by atomic mass is 9.82. The molecule has 0 spiro atoms. The van der Waals surface area contributed by atoms with Crippen LogP contribution >= 0.6 is 0 Å². The average Bonchev–Trinajstić information content (AvgIpc) is 2.73. The van der Waals surface area contributed by atoms with Crippen LogP contribution in [0.5, 0.6) is 0 Å². The van der Waals surface area contributed by atoms with Crippen LogP contribution in [0.2, 0.25) is 0 Å². The summed E-state index contributed by atoms with van der Waals surface area (Å²) in [4.78, 5) is 0. The second-order valence-electron chi connectivity index (χ2n) is 5.72. The van der Waals surface area contributed by atoms with Crippen molar-refractivity contribution in [2.45, 2.75) is 52.5 Å². The van der Waals surface area contributed by atoms with E-state index in [1.165, 1.54) is 25.7 Å². The summed E-state index contributed by atoms with van der Waals surface area (Å²) >= 11 is 0. The van der Waals surface area contributed by atoms with Crippen LogP contribution in [0.25, 0.3) is 0 Å². The first-order valence-electron chi connectivity index (χ1n) is 6.95. The first-order chi connectivity index (χ1) is 8.15. The Bertz CT molecular complexity index is 344. The van der Waals surface area contributed by atoms with Crippen molar-refractivity contribution in [2.75, 3.05) is 6.54 Å². The molecule has 3 unspecified atom stereocenters. The van der Waals surface area contributed by atoms with E-state index in [-0.39, 0.29) is 0 Å². The van der Waals surface area contributed by atoms with Gasteiger partial charge in [0.1, 0.15) is 11.5 Å². The van der Waals surface area contributed by atoms with E-state index in [0.717, 1.165) is 29.9 Å². The van der Waals surface area contributed by atoms with Crippen molar-refractivity contribution in [1.82, 2.24) is 5.32 Å². The number of furan rings is 1. The van der Waals surface area contributed by atoms with Gasteiger partial charge in [0.05, 0.1) is 6.04 Å². The number of hydrogen-bond acceptors (Lipinski definition) is 2. The third kappa shape index (κ3) is 3.60. The van der Waals surface area contributed by atoms with Gasteiger partial charge < -0.3 is 9.73 Å². The summed E-state index contributed by atoms with van der Waals surface area (Å²) in [7, 11) is 0. The van der Waals surface area contributed by atoms with Crippen LogP contribution in [-0.4, -0.2) is 6.54 Å². The highest BCUT2D eigenvalue weighted by Gasteiger charge is 2.19. The van der Waals surface area contributed by atoms with Crippen molar-refractivity contribution < 1.29 is 4.42 Å². The third-order valence-corrected chi connectivity index (χ3v) is 3.95. The Morgan fingerprint density at radius 1 is 1.41 bits per heavy atom. The number of rotatable bonds is 4. The van der Waals surface area contributed by atoms with Crippen LogP contribution in [0.15, 0.2) is 16.5 Å². The molecule has 2 heteroatoms. The third-order valence-electron chi connectivity index (χ3n) is 3.95. The second kappa shape index (κ2) is 5.72. The van der Waals surface area contributed by atoms with Gasteiger partial charge in [-0.15, -0.1) is 0 Å². The van der Waals surface area contributed by atoms with E-state index in [0.29, 0.717) is 6.04 Å². The summed E-state index contributed by atoms with van der Waals surface area (Å²) in [6, 6.07) is 4.45. The maximum atomic E-state index is 5.64. The van der Waals surface area contributed by atoms with E-state index < -0.39 is 0 Å². The molecular weight excluding hydrogens is 210 g/mol. The summed E-state index contributed by atoms with van der Waals surface area (Å²) in [5, 5.41) is 3.61. The molecule has 0 bridgehead atoms. The van der Waals surface area contributed by atoms with Crippen LogP contribution in [0, 0.1) is 18.8 Å². The average molecular weight is 235 g/mol. The van der Waals surface area contributed by atoms with Crippen molar-refractivity contribution >= 4 is 0 Å². The van der Waals surface area contributed by atoms with Crippen LogP contribution in [0.3, 0.4) is 0 Å². The van der Waals surface area contributed by atoms with Gasteiger partial charge in [0.15, 0.2) is 0 Å². The zero-order valence-corrected chi connectivity index (χ0v) is 11.3. The van der Waals surface area contributed by atoms with Crippen molar-refractivity contribution in [3.05, 3.63) is 23.7 Å². The van der Waals surface area contributed by atoms with Gasteiger partial charge in [-0.3, -0.25) is 0 Å². The zero-order chi connectivity index (χ0) is 12.3. The van der Waals surface area contributed by atoms with E-state index in [1.54, 1.807) is 0 Å². The van der Waals surface area contributed by atoms with E-state index in [4.69, 9.17) is 4.42 Å². The fourth-order valence-corrected chi connectivity index (χ4v) is 2.88. The van der Waals surface area contributed by atoms with Crippen molar-refractivity contribution in [3.63, 3.8) is 0 Å². The first-order valence-corrected chi connectivity index (χ1v) is 6.95. The minimum absolute atomic E-state index is 0.334. The summed E-state index contributed by atoms with van der Waals surface area (Å²) in [5.41, 5.74) is 0. The lowest BCUT2D eigenvalue weighted by Gasteiger charge is -2.27. The Morgan fingerprint density at radius 3 is 2.88 bits per heavy atom. The number of hydrogen-bond donors (Lipinski definition) is 1. The predicted octanol–water partition coefficient (Wildman–Crippen LogP) is 4.06. The van der Waals surface area contributed by atoms with Gasteiger partial charge in [0.2, 0.25) is 0 Å². The van der Waals surface area contributed by atoms with Crippen molar-refractivity contribution in [2.24, 2.45) is 11.8 Å². The smallest absolute Gasteiger partial charge is 0.120 e. The first kappa shape index (κ1) is 12.7. The summed E-state index contributed by atoms with van der Waals surface area (Å²) in [6.07, 6.45) is 5.60. The van der Waals surface area contributed by atoms with Crippen LogP contribution in [0.4, 0.5) is 0 Å². The molecule has 0 radical (unpaired) electrons. The van der Waals surface area contributed by atoms with E-state index in [1.807, 2.05) is 13.0 Å². The SMILES string of the molecule is Cc1ccc(C(C)NCC2CCCC(C)C2)o1. The molecule has 1 saturated carbocycles. The molecule has 0 aromatic carbocycles. The van der Waals surface area contributed by atoms with Gasteiger partial charge in [0, 0.05) is 0 Å². The standard InChI is InChI=1S/C15H25NO/c1-11-5-4-6-14(9-11)10-16-13(3)15-8-7-12(2)17-15/h7-8,11,13-14,16H,4-6,9-10H2,1-3H3. The quantitative estimate of drug-likeness (QED) is 0.851. The Hall–Kier alpha value is -0.760. The van der Waals surface area contributed by atoms with Crippen LogP contribution in [-0.2, 0) is 0 Å². The summed E-state index contributed by atoms with van der Waals surface area (Å²) in [5.74, 6) is 3.83. The second-order valence-corrected chi connectivity index (χ2v) is 5.72. The number of nitrogens with one attached hydrogen (secondary N) is 1. The maximum Gasteiger partial charge on any atom is 0.120 e. The highest BCUT2D eigenvalue weighted by atomic mass is 16.3. The molecule has 1 heterocycles. The molecule has 17 heavy (non-hydrogen) atoms. The highest BCUT2D eigenvalue weighted by molar-refractivity contribution is 5.08. The van der Waals surface area contributed by atoms with Crippen molar-refractivity contribution in [1.29, 1.82) is 0 Å². The Balaban J connectivity index is 1.77. The Kier molecular flexibility index (Phi) is 4.27. The molecule has 1 fully saturated rings. The number of aryl methyl sites for hydroxylation is 1. The largest absolute Gasteiger partial charge is 0.465 e. The molecule has 96 valence electrons. The Labute approximate surface area is 105 Å². The molecule has 0 saturated heterocycles. The molecule has 1 aromatic rings. The molecule has 1 aliphatic rings. The van der Waals surface area contributed by atoms with E-state index >= 15 is 0 Å². The van der Waals surface area contributed by atoms with Gasteiger partial charge >= 0.3 is 0 Å². The fraction of sp³-hybridized carbons (Fsp3) is 0.733. The minimum Gasteiger partial charge on any atom is -0.465 e. The Morgan fingerprint density at radius 2 is 2.24 bits per heavy atom. The summed E-state index contributed by atoms with van der Waals surface area (Å²) < 4.78 is 5.64.